The molecule has 2 aromatic rings. The summed E-state index contributed by atoms with van der Waals surface area (Å²) in [5.74, 6) is -0.666. The number of rotatable bonds is 14. The van der Waals surface area contributed by atoms with Crippen LogP contribution in [0.25, 0.3) is 6.08 Å². The van der Waals surface area contributed by atoms with Gasteiger partial charge in [-0.2, -0.15) is 0 Å². The summed E-state index contributed by atoms with van der Waals surface area (Å²) < 4.78 is 5.72. The van der Waals surface area contributed by atoms with Crippen LogP contribution in [0.15, 0.2) is 42.5 Å². The second kappa shape index (κ2) is 13.4. The monoisotopic (exact) mass is 509 g/mol. The molecule has 0 unspecified atom stereocenters. The number of carbonyl (C=O) groups is 2. The minimum atomic E-state index is -0.954. The van der Waals surface area contributed by atoms with Crippen molar-refractivity contribution >= 4 is 18.0 Å². The highest BCUT2D eigenvalue weighted by Gasteiger charge is 2.31. The Balaban J connectivity index is 2.26. The summed E-state index contributed by atoms with van der Waals surface area (Å²) in [5, 5.41) is 21.9. The molecule has 0 radical (unpaired) electrons. The number of nitrogens with one attached hydrogen (secondary N) is 1. The molecule has 0 aliphatic heterocycles. The summed E-state index contributed by atoms with van der Waals surface area (Å²) in [6, 6.07) is 12.7. The third kappa shape index (κ3) is 7.68. The van der Waals surface area contributed by atoms with Crippen molar-refractivity contribution in [3.63, 3.8) is 0 Å². The molecule has 2 aromatic carbocycles. The van der Waals surface area contributed by atoms with Crippen molar-refractivity contribution in [2.75, 3.05) is 13.2 Å². The first-order chi connectivity index (χ1) is 17.5. The van der Waals surface area contributed by atoms with E-state index >= 15 is 0 Å². The molecule has 0 aliphatic rings. The van der Waals surface area contributed by atoms with Crippen molar-refractivity contribution in [2.24, 2.45) is 0 Å². The molecule has 6 heteroatoms. The number of hydrogen-bond donors (Lipinski definition) is 3. The number of aliphatic carboxylic acids is 1. The Morgan fingerprint density at radius 3 is 2.03 bits per heavy atom. The predicted molar refractivity (Wildman–Crippen MR) is 149 cm³/mol. The first-order valence-electron chi connectivity index (χ1n) is 13.3. The molecular formula is C31H43NO5. The summed E-state index contributed by atoms with van der Waals surface area (Å²) in [4.78, 5) is 22.6. The van der Waals surface area contributed by atoms with Crippen LogP contribution >= 0.6 is 0 Å². The van der Waals surface area contributed by atoms with Gasteiger partial charge < -0.3 is 20.3 Å². The number of aliphatic hydroxyl groups is 1. The minimum Gasteiger partial charge on any atom is -0.484 e. The number of benzene rings is 2. The topological polar surface area (TPSA) is 95.9 Å². The summed E-state index contributed by atoms with van der Waals surface area (Å²) in [6.45, 7) is 12.4. The molecule has 0 fully saturated rings. The highest BCUT2D eigenvalue weighted by atomic mass is 16.5. The number of carbonyl (C=O) groups excluding carboxylic acids is 1. The zero-order valence-corrected chi connectivity index (χ0v) is 23.2. The first kappa shape index (κ1) is 30.1. The fourth-order valence-corrected chi connectivity index (χ4v) is 4.74. The van der Waals surface area contributed by atoms with E-state index in [1.165, 1.54) is 16.7 Å². The SMILES string of the molecule is CCC(O)(/C=C/c1ccc(C(CC)(CC)c2ccc(OCC(=O)NCCC(=O)O)c(C)c2)cc1C)CC. The number of amides is 1. The van der Waals surface area contributed by atoms with Crippen molar-refractivity contribution in [2.45, 2.75) is 84.7 Å². The molecule has 1 amide bonds. The number of aryl methyl sites for hydroxylation is 2. The third-order valence-electron chi connectivity index (χ3n) is 7.57. The van der Waals surface area contributed by atoms with E-state index in [4.69, 9.17) is 9.84 Å². The molecule has 0 aromatic heterocycles. The maximum atomic E-state index is 12.0. The first-order valence-corrected chi connectivity index (χ1v) is 13.3. The molecule has 202 valence electrons. The van der Waals surface area contributed by atoms with Crippen molar-refractivity contribution < 1.29 is 24.5 Å². The molecular weight excluding hydrogens is 466 g/mol. The van der Waals surface area contributed by atoms with Crippen LogP contribution in [0.5, 0.6) is 5.75 Å². The summed E-state index contributed by atoms with van der Waals surface area (Å²) in [7, 11) is 0. The van der Waals surface area contributed by atoms with E-state index in [0.29, 0.717) is 18.6 Å². The van der Waals surface area contributed by atoms with Crippen LogP contribution in [0.1, 0.15) is 87.6 Å². The number of carboxylic acid groups (broad SMARTS) is 1. The van der Waals surface area contributed by atoms with Gasteiger partial charge in [-0.3, -0.25) is 9.59 Å². The maximum absolute atomic E-state index is 12.0. The Morgan fingerprint density at radius 2 is 1.51 bits per heavy atom. The van der Waals surface area contributed by atoms with Crippen LogP contribution in [0.4, 0.5) is 0 Å². The Hall–Kier alpha value is -3.12. The molecule has 0 aliphatic carbocycles. The van der Waals surface area contributed by atoms with Crippen LogP contribution < -0.4 is 10.1 Å². The van der Waals surface area contributed by atoms with E-state index in [2.05, 4.69) is 56.4 Å². The van der Waals surface area contributed by atoms with Gasteiger partial charge in [-0.15, -0.1) is 0 Å². The number of carboxylic acids is 1. The maximum Gasteiger partial charge on any atom is 0.305 e. The molecule has 0 saturated heterocycles. The van der Waals surface area contributed by atoms with Gasteiger partial charge in [-0.1, -0.05) is 70.2 Å². The lowest BCUT2D eigenvalue weighted by molar-refractivity contribution is -0.137. The molecule has 37 heavy (non-hydrogen) atoms. The van der Waals surface area contributed by atoms with Gasteiger partial charge in [0.25, 0.3) is 5.91 Å². The quantitative estimate of drug-likeness (QED) is 0.293. The smallest absolute Gasteiger partial charge is 0.305 e. The summed E-state index contributed by atoms with van der Waals surface area (Å²) >= 11 is 0. The molecule has 0 heterocycles. The van der Waals surface area contributed by atoms with Gasteiger partial charge in [0, 0.05) is 12.0 Å². The van der Waals surface area contributed by atoms with Crippen molar-refractivity contribution in [1.29, 1.82) is 0 Å². The molecule has 0 saturated carbocycles. The second-order valence-electron chi connectivity index (χ2n) is 9.77. The summed E-state index contributed by atoms with van der Waals surface area (Å²) in [6.07, 6.45) is 7.04. The Morgan fingerprint density at radius 1 is 0.919 bits per heavy atom. The zero-order valence-electron chi connectivity index (χ0n) is 23.2. The lowest BCUT2D eigenvalue weighted by atomic mass is 9.70. The number of hydrogen-bond acceptors (Lipinski definition) is 4. The van der Waals surface area contributed by atoms with Gasteiger partial charge in [0.05, 0.1) is 12.0 Å². The Bertz CT molecular complexity index is 1100. The normalized spacial score (nSPS) is 12.1. The average Bonchev–Trinajstić information content (AvgIpc) is 2.88. The molecule has 3 N–H and O–H groups in total. The summed E-state index contributed by atoms with van der Waals surface area (Å²) in [5.41, 5.74) is 4.71. The number of ether oxygens (including phenoxy) is 1. The molecule has 2 rings (SSSR count). The standard InChI is InChI=1S/C31H43NO5/c1-7-30(36,8-2)17-15-24-11-12-25(19-22(24)5)31(9-3,10-4)26-13-14-27(23(6)20-26)37-21-28(33)32-18-16-29(34)35/h11-15,17,19-20,36H,7-10,16,18,21H2,1-6H3,(H,32,33)(H,34,35)/b17-15+. The van der Waals surface area contributed by atoms with Gasteiger partial charge in [-0.25, -0.2) is 0 Å². The van der Waals surface area contributed by atoms with Crippen LogP contribution in [-0.2, 0) is 15.0 Å². The third-order valence-corrected chi connectivity index (χ3v) is 7.57. The second-order valence-corrected chi connectivity index (χ2v) is 9.77. The Labute approximate surface area is 221 Å². The van der Waals surface area contributed by atoms with Crippen molar-refractivity contribution in [1.82, 2.24) is 5.32 Å². The highest BCUT2D eigenvalue weighted by molar-refractivity contribution is 5.78. The largest absolute Gasteiger partial charge is 0.484 e. The molecule has 0 bridgehead atoms. The van der Waals surface area contributed by atoms with Crippen LogP contribution in [-0.4, -0.2) is 40.8 Å². The lowest BCUT2D eigenvalue weighted by Crippen LogP contribution is -2.30. The van der Waals surface area contributed by atoms with E-state index in [1.807, 2.05) is 39.0 Å². The fraction of sp³-hybridized carbons (Fsp3) is 0.484. The van der Waals surface area contributed by atoms with Gasteiger partial charge in [-0.05, 0) is 73.4 Å². The van der Waals surface area contributed by atoms with E-state index in [0.717, 1.165) is 24.0 Å². The van der Waals surface area contributed by atoms with Gasteiger partial charge in [0.15, 0.2) is 6.61 Å². The zero-order chi connectivity index (χ0) is 27.6. The average molecular weight is 510 g/mol. The minimum absolute atomic E-state index is 0.0804. The van der Waals surface area contributed by atoms with Gasteiger partial charge >= 0.3 is 5.97 Å². The Kier molecular flexibility index (Phi) is 10.9. The van der Waals surface area contributed by atoms with Crippen molar-refractivity contribution in [3.05, 3.63) is 70.3 Å². The van der Waals surface area contributed by atoms with Gasteiger partial charge in [0.1, 0.15) is 5.75 Å². The lowest BCUT2D eigenvalue weighted by Gasteiger charge is -2.34. The predicted octanol–water partition coefficient (Wildman–Crippen LogP) is 5.94. The highest BCUT2D eigenvalue weighted by Crippen LogP contribution is 2.41. The van der Waals surface area contributed by atoms with E-state index < -0.39 is 11.6 Å². The fourth-order valence-electron chi connectivity index (χ4n) is 4.74. The van der Waals surface area contributed by atoms with Crippen LogP contribution in [0.3, 0.4) is 0 Å². The van der Waals surface area contributed by atoms with Crippen molar-refractivity contribution in [3.8, 4) is 5.75 Å². The molecule has 0 spiro atoms. The van der Waals surface area contributed by atoms with E-state index in [9.17, 15) is 14.7 Å². The van der Waals surface area contributed by atoms with Crippen LogP contribution in [0, 0.1) is 13.8 Å². The van der Waals surface area contributed by atoms with E-state index in [1.54, 1.807) is 0 Å². The van der Waals surface area contributed by atoms with E-state index in [-0.39, 0.29) is 30.9 Å². The molecule has 6 nitrogen and oxygen atoms in total. The van der Waals surface area contributed by atoms with Crippen LogP contribution in [0.2, 0.25) is 0 Å². The van der Waals surface area contributed by atoms with Gasteiger partial charge in [0.2, 0.25) is 0 Å². The molecule has 0 atom stereocenters.